The van der Waals surface area contributed by atoms with Crippen LogP contribution in [0.2, 0.25) is 0 Å². The van der Waals surface area contributed by atoms with Crippen molar-refractivity contribution in [2.75, 3.05) is 0 Å². The minimum atomic E-state index is -3.96. The van der Waals surface area contributed by atoms with Crippen LogP contribution >= 0.6 is 22.7 Å². The third-order valence-corrected chi connectivity index (χ3v) is 7.71. The summed E-state index contributed by atoms with van der Waals surface area (Å²) in [6.45, 7) is 5.90. The molecule has 2 heterocycles. The quantitative estimate of drug-likeness (QED) is 0.451. The van der Waals surface area contributed by atoms with Crippen molar-refractivity contribution in [2.45, 2.75) is 51.0 Å². The van der Waals surface area contributed by atoms with Crippen LogP contribution in [0, 0.1) is 13.8 Å². The molecule has 8 nitrogen and oxygen atoms in total. The maximum absolute atomic E-state index is 12.8. The molecule has 0 aliphatic rings. The average molecular weight is 481 g/mol. The van der Waals surface area contributed by atoms with E-state index in [0.29, 0.717) is 6.42 Å². The molecule has 31 heavy (non-hydrogen) atoms. The van der Waals surface area contributed by atoms with Gasteiger partial charge in [-0.25, -0.2) is 9.97 Å². The summed E-state index contributed by atoms with van der Waals surface area (Å²) in [4.78, 5) is 22.8. The summed E-state index contributed by atoms with van der Waals surface area (Å²) in [7, 11) is -3.96. The minimum Gasteiger partial charge on any atom is -0.346 e. The lowest BCUT2D eigenvalue weighted by molar-refractivity contribution is -0.121. The number of benzene rings is 1. The van der Waals surface area contributed by atoms with Crippen LogP contribution in [-0.4, -0.2) is 24.3 Å². The zero-order chi connectivity index (χ0) is 22.6. The van der Waals surface area contributed by atoms with Gasteiger partial charge < -0.3 is 5.32 Å². The number of thiazole rings is 2. The van der Waals surface area contributed by atoms with Gasteiger partial charge in [-0.2, -0.15) is 18.6 Å². The number of nitrogens with two attached hydrogens (primary N) is 1. The maximum Gasteiger partial charge on any atom is 0.312 e. The van der Waals surface area contributed by atoms with Gasteiger partial charge in [-0.3, -0.25) is 4.79 Å². The largest absolute Gasteiger partial charge is 0.346 e. The molecule has 1 aromatic carbocycles. The molecule has 0 bridgehead atoms. The van der Waals surface area contributed by atoms with Gasteiger partial charge in [0.05, 0.1) is 33.8 Å². The van der Waals surface area contributed by atoms with Crippen molar-refractivity contribution >= 4 is 38.7 Å². The van der Waals surface area contributed by atoms with Crippen molar-refractivity contribution in [3.8, 4) is 0 Å². The smallest absolute Gasteiger partial charge is 0.312 e. The van der Waals surface area contributed by atoms with Crippen LogP contribution in [0.3, 0.4) is 0 Å². The van der Waals surface area contributed by atoms with Crippen LogP contribution in [-0.2, 0) is 38.5 Å². The molecule has 1 amide bonds. The van der Waals surface area contributed by atoms with Crippen molar-refractivity contribution in [2.24, 2.45) is 5.90 Å². The number of nitrogens with one attached hydrogen (secondary N) is 1. The van der Waals surface area contributed by atoms with E-state index in [1.54, 1.807) is 23.5 Å². The molecule has 3 rings (SSSR count). The monoisotopic (exact) mass is 480 g/mol. The van der Waals surface area contributed by atoms with Crippen molar-refractivity contribution in [3.63, 3.8) is 0 Å². The number of carbonyl (C=O) groups is 1. The highest BCUT2D eigenvalue weighted by atomic mass is 32.2. The highest BCUT2D eigenvalue weighted by Gasteiger charge is 2.21. The molecule has 3 aromatic rings. The molecule has 0 aliphatic heterocycles. The fourth-order valence-corrected chi connectivity index (χ4v) is 5.43. The Balaban J connectivity index is 1.79. The van der Waals surface area contributed by atoms with Gasteiger partial charge in [0.2, 0.25) is 5.91 Å². The summed E-state index contributed by atoms with van der Waals surface area (Å²) >= 11 is 3.07. The first-order chi connectivity index (χ1) is 14.7. The first-order valence-corrected chi connectivity index (χ1v) is 12.7. The summed E-state index contributed by atoms with van der Waals surface area (Å²) in [6, 6.07) is 5.86. The summed E-state index contributed by atoms with van der Waals surface area (Å²) < 4.78 is 27.5. The Kier molecular flexibility index (Phi) is 7.55. The van der Waals surface area contributed by atoms with E-state index in [-0.39, 0.29) is 23.3 Å². The highest BCUT2D eigenvalue weighted by Crippen LogP contribution is 2.24. The van der Waals surface area contributed by atoms with E-state index in [0.717, 1.165) is 38.3 Å². The second kappa shape index (κ2) is 9.96. The van der Waals surface area contributed by atoms with Crippen molar-refractivity contribution in [3.05, 3.63) is 61.5 Å². The van der Waals surface area contributed by atoms with Gasteiger partial charge in [0, 0.05) is 10.3 Å². The molecule has 3 N–H and O–H groups in total. The third-order valence-electron chi connectivity index (χ3n) is 4.67. The van der Waals surface area contributed by atoms with Crippen molar-refractivity contribution in [1.29, 1.82) is 0 Å². The van der Waals surface area contributed by atoms with E-state index < -0.39 is 10.1 Å². The first-order valence-electron chi connectivity index (χ1n) is 9.60. The van der Waals surface area contributed by atoms with Crippen LogP contribution in [0.1, 0.15) is 44.8 Å². The van der Waals surface area contributed by atoms with Crippen LogP contribution in [0.25, 0.3) is 0 Å². The summed E-state index contributed by atoms with van der Waals surface area (Å²) in [5, 5.41) is 6.79. The number of aryl methyl sites for hydroxylation is 3. The maximum atomic E-state index is 12.8. The third kappa shape index (κ3) is 5.95. The average Bonchev–Trinajstić information content (AvgIpc) is 3.34. The molecule has 0 saturated carbocycles. The molecular formula is C20H24N4O4S3. The Labute approximate surface area is 189 Å². The fourth-order valence-electron chi connectivity index (χ4n) is 3.06. The molecule has 11 heteroatoms. The van der Waals surface area contributed by atoms with E-state index in [2.05, 4.69) is 19.6 Å². The molecule has 2 aromatic heterocycles. The molecule has 0 unspecified atom stereocenters. The normalized spacial score (nSPS) is 12.6. The molecule has 0 aliphatic carbocycles. The molecule has 0 fully saturated rings. The van der Waals surface area contributed by atoms with E-state index in [4.69, 9.17) is 5.90 Å². The predicted molar refractivity (Wildman–Crippen MR) is 120 cm³/mol. The number of aromatic nitrogens is 2. The number of hydrogen-bond donors (Lipinski definition) is 2. The Morgan fingerprint density at radius 2 is 1.94 bits per heavy atom. The second-order valence-corrected chi connectivity index (χ2v) is 10.8. The Morgan fingerprint density at radius 1 is 1.23 bits per heavy atom. The van der Waals surface area contributed by atoms with E-state index in [1.165, 1.54) is 23.5 Å². The lowest BCUT2D eigenvalue weighted by atomic mass is 10.1. The zero-order valence-electron chi connectivity index (χ0n) is 17.4. The Bertz CT molecular complexity index is 1150. The molecule has 0 spiro atoms. The number of nitrogens with zero attached hydrogens (tertiary/aromatic N) is 2. The first kappa shape index (κ1) is 23.5. The number of amides is 1. The second-order valence-electron chi connectivity index (χ2n) is 6.96. The van der Waals surface area contributed by atoms with Crippen LogP contribution in [0.5, 0.6) is 0 Å². The highest BCUT2D eigenvalue weighted by molar-refractivity contribution is 7.86. The SMILES string of the molecule is CCc1csc([C@H](Cc2ccc(S(=O)(=O)ON)cc2)NC(=O)Cc2nc(C)sc2C)n1. The van der Waals surface area contributed by atoms with Gasteiger partial charge in [0.1, 0.15) is 5.01 Å². The lowest BCUT2D eigenvalue weighted by Gasteiger charge is -2.17. The van der Waals surface area contributed by atoms with Gasteiger partial charge in [0.25, 0.3) is 0 Å². The van der Waals surface area contributed by atoms with E-state index in [1.807, 2.05) is 26.2 Å². The molecular weight excluding hydrogens is 456 g/mol. The zero-order valence-corrected chi connectivity index (χ0v) is 19.9. The predicted octanol–water partition coefficient (Wildman–Crippen LogP) is 3.00. The molecule has 0 saturated heterocycles. The van der Waals surface area contributed by atoms with E-state index >= 15 is 0 Å². The van der Waals surface area contributed by atoms with Gasteiger partial charge in [-0.15, -0.1) is 22.7 Å². The summed E-state index contributed by atoms with van der Waals surface area (Å²) in [5.41, 5.74) is 2.59. The number of carbonyl (C=O) groups excluding carboxylic acids is 1. The molecule has 0 radical (unpaired) electrons. The van der Waals surface area contributed by atoms with Gasteiger partial charge >= 0.3 is 10.1 Å². The minimum absolute atomic E-state index is 0.0313. The van der Waals surface area contributed by atoms with Crippen LogP contribution in [0.15, 0.2) is 34.5 Å². The van der Waals surface area contributed by atoms with Gasteiger partial charge in [-0.05, 0) is 44.4 Å². The Hall–Kier alpha value is -2.18. The van der Waals surface area contributed by atoms with Crippen LogP contribution in [0.4, 0.5) is 0 Å². The standard InChI is InChI=1S/C20H24N4O4S3/c1-4-15-11-29-20(23-15)18(24-19(25)10-17-12(2)30-13(3)22-17)9-14-5-7-16(8-6-14)31(26,27)28-21/h5-8,11,18H,4,9-10,21H2,1-3H3,(H,24,25)/t18-/m0/s1. The van der Waals surface area contributed by atoms with Crippen molar-refractivity contribution in [1.82, 2.24) is 15.3 Å². The molecule has 166 valence electrons. The van der Waals surface area contributed by atoms with E-state index in [9.17, 15) is 13.2 Å². The summed E-state index contributed by atoms with van der Waals surface area (Å²) in [6.07, 6.45) is 1.46. The van der Waals surface area contributed by atoms with Crippen molar-refractivity contribution < 1.29 is 17.5 Å². The lowest BCUT2D eigenvalue weighted by Crippen LogP contribution is -2.31. The number of hydrogen-bond acceptors (Lipinski definition) is 9. The summed E-state index contributed by atoms with van der Waals surface area (Å²) in [5.74, 6) is 4.70. The number of rotatable bonds is 9. The topological polar surface area (TPSA) is 124 Å². The van der Waals surface area contributed by atoms with Gasteiger partial charge in [0.15, 0.2) is 0 Å². The van der Waals surface area contributed by atoms with Crippen LogP contribution < -0.4 is 11.2 Å². The van der Waals surface area contributed by atoms with Gasteiger partial charge in [-0.1, -0.05) is 19.1 Å². The molecule has 1 atom stereocenters. The fraction of sp³-hybridized carbons (Fsp3) is 0.350. The Morgan fingerprint density at radius 3 is 2.48 bits per heavy atom.